The average molecular weight is 240 g/mol. The second-order valence-corrected chi connectivity index (χ2v) is 5.58. The summed E-state index contributed by atoms with van der Waals surface area (Å²) in [4.78, 5) is 0. The molecule has 1 saturated carbocycles. The van der Waals surface area contributed by atoms with Crippen molar-refractivity contribution in [2.24, 2.45) is 11.8 Å². The number of ether oxygens (including phenoxy) is 1. The van der Waals surface area contributed by atoms with E-state index in [1.807, 2.05) is 0 Å². The summed E-state index contributed by atoms with van der Waals surface area (Å²) in [7, 11) is 0. The molecule has 1 aliphatic rings. The molecule has 17 heavy (non-hydrogen) atoms. The Bertz CT molecular complexity index is 251. The van der Waals surface area contributed by atoms with Crippen molar-refractivity contribution in [1.82, 2.24) is 5.43 Å². The number of nitrogens with two attached hydrogens (primary N) is 1. The van der Waals surface area contributed by atoms with Crippen LogP contribution in [0.2, 0.25) is 0 Å². The molecule has 1 rings (SSSR count). The molecule has 3 unspecified atom stereocenters. The van der Waals surface area contributed by atoms with E-state index in [0.29, 0.717) is 0 Å². The molecule has 3 atom stereocenters. The van der Waals surface area contributed by atoms with Crippen molar-refractivity contribution in [3.8, 4) is 0 Å². The maximum Gasteiger partial charge on any atom is 0.0853 e. The third kappa shape index (κ3) is 3.80. The SMILES string of the molecule is C=C(C)CC(NN)C1(OCC)CCCC(C)C1. The van der Waals surface area contributed by atoms with Gasteiger partial charge in [0.15, 0.2) is 0 Å². The first-order chi connectivity index (χ1) is 8.04. The number of hydrogen-bond acceptors (Lipinski definition) is 3. The molecule has 0 aromatic heterocycles. The van der Waals surface area contributed by atoms with E-state index in [4.69, 9.17) is 10.6 Å². The molecule has 3 nitrogen and oxygen atoms in total. The van der Waals surface area contributed by atoms with Crippen molar-refractivity contribution < 1.29 is 4.74 Å². The number of hydrazine groups is 1. The normalized spacial score (nSPS) is 31.2. The largest absolute Gasteiger partial charge is 0.374 e. The van der Waals surface area contributed by atoms with Crippen molar-refractivity contribution in [3.63, 3.8) is 0 Å². The van der Waals surface area contributed by atoms with Crippen molar-refractivity contribution in [2.45, 2.75) is 64.5 Å². The van der Waals surface area contributed by atoms with E-state index in [1.165, 1.54) is 12.8 Å². The Morgan fingerprint density at radius 1 is 1.65 bits per heavy atom. The summed E-state index contributed by atoms with van der Waals surface area (Å²) in [5.41, 5.74) is 4.02. The lowest BCUT2D eigenvalue weighted by molar-refractivity contribution is -0.100. The van der Waals surface area contributed by atoms with Gasteiger partial charge in [0.05, 0.1) is 11.6 Å². The van der Waals surface area contributed by atoms with Gasteiger partial charge in [-0.15, -0.1) is 6.58 Å². The van der Waals surface area contributed by atoms with Gasteiger partial charge in [0, 0.05) is 6.61 Å². The third-order valence-electron chi connectivity index (χ3n) is 3.81. The topological polar surface area (TPSA) is 47.3 Å². The van der Waals surface area contributed by atoms with Crippen molar-refractivity contribution in [2.75, 3.05) is 6.61 Å². The van der Waals surface area contributed by atoms with Gasteiger partial charge in [0.25, 0.3) is 0 Å². The Balaban J connectivity index is 2.82. The Morgan fingerprint density at radius 3 is 2.82 bits per heavy atom. The number of hydrogen-bond donors (Lipinski definition) is 2. The van der Waals surface area contributed by atoms with Crippen molar-refractivity contribution in [3.05, 3.63) is 12.2 Å². The lowest BCUT2D eigenvalue weighted by Gasteiger charge is -2.45. The van der Waals surface area contributed by atoms with Crippen LogP contribution in [-0.4, -0.2) is 18.2 Å². The predicted molar refractivity (Wildman–Crippen MR) is 72.5 cm³/mol. The van der Waals surface area contributed by atoms with Crippen LogP contribution in [0, 0.1) is 5.92 Å². The van der Waals surface area contributed by atoms with E-state index in [-0.39, 0.29) is 11.6 Å². The quantitative estimate of drug-likeness (QED) is 0.426. The van der Waals surface area contributed by atoms with Crippen LogP contribution in [-0.2, 0) is 4.74 Å². The molecular weight excluding hydrogens is 212 g/mol. The molecule has 0 aromatic rings. The Hall–Kier alpha value is -0.380. The van der Waals surface area contributed by atoms with E-state index in [0.717, 1.165) is 37.4 Å². The van der Waals surface area contributed by atoms with Crippen LogP contribution in [0.1, 0.15) is 52.9 Å². The van der Waals surface area contributed by atoms with E-state index < -0.39 is 0 Å². The van der Waals surface area contributed by atoms with E-state index in [1.54, 1.807) is 0 Å². The summed E-state index contributed by atoms with van der Waals surface area (Å²) in [6.07, 6.45) is 5.63. The summed E-state index contributed by atoms with van der Waals surface area (Å²) >= 11 is 0. The van der Waals surface area contributed by atoms with Crippen LogP contribution in [0.3, 0.4) is 0 Å². The molecule has 3 heteroatoms. The molecule has 0 saturated heterocycles. The summed E-state index contributed by atoms with van der Waals surface area (Å²) in [5, 5.41) is 0. The second kappa shape index (κ2) is 6.53. The predicted octanol–water partition coefficient (Wildman–Crippen LogP) is 2.77. The molecule has 0 aliphatic heterocycles. The highest BCUT2D eigenvalue weighted by Gasteiger charge is 2.42. The van der Waals surface area contributed by atoms with Crippen LogP contribution >= 0.6 is 0 Å². The second-order valence-electron chi connectivity index (χ2n) is 5.58. The van der Waals surface area contributed by atoms with Crippen LogP contribution in [0.5, 0.6) is 0 Å². The number of nitrogens with one attached hydrogen (secondary N) is 1. The molecule has 0 radical (unpaired) electrons. The first kappa shape index (κ1) is 14.7. The highest BCUT2D eigenvalue weighted by atomic mass is 16.5. The first-order valence-electron chi connectivity index (χ1n) is 6.78. The maximum atomic E-state index is 6.11. The zero-order valence-electron chi connectivity index (χ0n) is 11.6. The van der Waals surface area contributed by atoms with Gasteiger partial charge in [-0.3, -0.25) is 11.3 Å². The van der Waals surface area contributed by atoms with E-state index in [9.17, 15) is 0 Å². The molecule has 0 aromatic carbocycles. The van der Waals surface area contributed by atoms with Crippen molar-refractivity contribution in [1.29, 1.82) is 0 Å². The minimum atomic E-state index is -0.0971. The van der Waals surface area contributed by atoms with Gasteiger partial charge in [-0.25, -0.2) is 0 Å². The highest BCUT2D eigenvalue weighted by molar-refractivity contribution is 5.03. The zero-order chi connectivity index (χ0) is 12.9. The monoisotopic (exact) mass is 240 g/mol. The Morgan fingerprint density at radius 2 is 2.35 bits per heavy atom. The fraction of sp³-hybridized carbons (Fsp3) is 0.857. The van der Waals surface area contributed by atoms with Gasteiger partial charge < -0.3 is 4.74 Å². The van der Waals surface area contributed by atoms with Crippen LogP contribution in [0.25, 0.3) is 0 Å². The molecule has 1 fully saturated rings. The van der Waals surface area contributed by atoms with Gasteiger partial charge >= 0.3 is 0 Å². The summed E-state index contributed by atoms with van der Waals surface area (Å²) in [6, 6.07) is 0.183. The first-order valence-corrected chi connectivity index (χ1v) is 6.78. The molecule has 0 amide bonds. The molecule has 0 spiro atoms. The van der Waals surface area contributed by atoms with Gasteiger partial charge in [-0.05, 0) is 39.0 Å². The highest BCUT2D eigenvalue weighted by Crippen LogP contribution is 2.39. The molecule has 1 aliphatic carbocycles. The fourth-order valence-corrected chi connectivity index (χ4v) is 3.12. The lowest BCUT2D eigenvalue weighted by atomic mass is 9.73. The van der Waals surface area contributed by atoms with Gasteiger partial charge in [0.1, 0.15) is 0 Å². The zero-order valence-corrected chi connectivity index (χ0v) is 11.6. The van der Waals surface area contributed by atoms with Crippen LogP contribution in [0.4, 0.5) is 0 Å². The number of rotatable bonds is 6. The molecule has 0 bridgehead atoms. The molecule has 100 valence electrons. The lowest BCUT2D eigenvalue weighted by Crippen LogP contribution is -2.57. The molecule has 0 heterocycles. The summed E-state index contributed by atoms with van der Waals surface area (Å²) in [6.45, 7) is 11.2. The molecule has 3 N–H and O–H groups in total. The minimum Gasteiger partial charge on any atom is -0.374 e. The van der Waals surface area contributed by atoms with Crippen LogP contribution in [0.15, 0.2) is 12.2 Å². The Labute approximate surface area is 106 Å². The maximum absolute atomic E-state index is 6.11. The smallest absolute Gasteiger partial charge is 0.0853 e. The van der Waals surface area contributed by atoms with Crippen molar-refractivity contribution >= 4 is 0 Å². The molecular formula is C14H28N2O. The average Bonchev–Trinajstić information content (AvgIpc) is 2.26. The standard InChI is InChI=1S/C14H28N2O/c1-5-17-14(8-6-7-12(4)10-14)13(16-15)9-11(2)3/h12-13,16H,2,5-10,15H2,1,3-4H3. The minimum absolute atomic E-state index is 0.0971. The van der Waals surface area contributed by atoms with Gasteiger partial charge in [-0.2, -0.15) is 0 Å². The fourth-order valence-electron chi connectivity index (χ4n) is 3.12. The van der Waals surface area contributed by atoms with E-state index in [2.05, 4.69) is 32.8 Å². The summed E-state index contributed by atoms with van der Waals surface area (Å²) in [5.74, 6) is 6.46. The van der Waals surface area contributed by atoms with Gasteiger partial charge in [0.2, 0.25) is 0 Å². The van der Waals surface area contributed by atoms with Crippen LogP contribution < -0.4 is 11.3 Å². The van der Waals surface area contributed by atoms with Gasteiger partial charge in [-0.1, -0.05) is 25.3 Å². The summed E-state index contributed by atoms with van der Waals surface area (Å²) < 4.78 is 6.11. The third-order valence-corrected chi connectivity index (χ3v) is 3.81. The van der Waals surface area contributed by atoms with E-state index >= 15 is 0 Å². The Kier molecular flexibility index (Phi) is 5.63.